The first-order valence-corrected chi connectivity index (χ1v) is 10.6. The van der Waals surface area contributed by atoms with Crippen molar-refractivity contribution < 1.29 is 4.79 Å². The molecule has 32 heavy (non-hydrogen) atoms. The van der Waals surface area contributed by atoms with Crippen molar-refractivity contribution in [2.24, 2.45) is 0 Å². The van der Waals surface area contributed by atoms with Crippen molar-refractivity contribution in [3.63, 3.8) is 0 Å². The van der Waals surface area contributed by atoms with Crippen LogP contribution in [0.2, 0.25) is 0 Å². The van der Waals surface area contributed by atoms with Gasteiger partial charge in [0.25, 0.3) is 5.91 Å². The third-order valence-corrected chi connectivity index (χ3v) is 5.58. The van der Waals surface area contributed by atoms with Crippen LogP contribution in [-0.2, 0) is 19.5 Å². The summed E-state index contributed by atoms with van der Waals surface area (Å²) in [6.45, 7) is 1.02. The molecule has 0 saturated carbocycles. The number of aromatic nitrogens is 3. The predicted octanol–water partition coefficient (Wildman–Crippen LogP) is 4.34. The normalized spacial score (nSPS) is 11.1. The molecule has 0 spiro atoms. The molecule has 0 atom stereocenters. The molecular weight excluding hydrogens is 398 g/mol. The minimum atomic E-state index is -0.251. The Morgan fingerprint density at radius 3 is 2.09 bits per heavy atom. The first kappa shape index (κ1) is 19.8. The Bertz CT molecular complexity index is 1390. The second-order valence-electron chi connectivity index (χ2n) is 7.70. The Balaban J connectivity index is 1.55. The fraction of sp³-hybridized carbons (Fsp3) is 0.115. The second-order valence-corrected chi connectivity index (χ2v) is 7.70. The molecule has 0 fully saturated rings. The number of carbonyl (C=O) groups excluding carboxylic acids is 1. The largest absolute Gasteiger partial charge is 0.384 e. The van der Waals surface area contributed by atoms with Crippen LogP contribution in [0.1, 0.15) is 21.5 Å². The number of rotatable bonds is 6. The summed E-state index contributed by atoms with van der Waals surface area (Å²) in [5, 5.41) is 2.98. The summed E-state index contributed by atoms with van der Waals surface area (Å²) in [6, 6.07) is 27.6. The fourth-order valence-corrected chi connectivity index (χ4v) is 3.92. The van der Waals surface area contributed by atoms with Gasteiger partial charge in [-0.15, -0.1) is 0 Å². The Kier molecular flexibility index (Phi) is 5.25. The van der Waals surface area contributed by atoms with Crippen molar-refractivity contribution in [3.05, 3.63) is 102 Å². The van der Waals surface area contributed by atoms with E-state index in [1.807, 2.05) is 77.4 Å². The van der Waals surface area contributed by atoms with Crippen LogP contribution in [0.5, 0.6) is 0 Å². The number of hydrogen-bond donors (Lipinski definition) is 2. The van der Waals surface area contributed by atoms with Gasteiger partial charge in [0.05, 0.1) is 11.0 Å². The van der Waals surface area contributed by atoms with E-state index in [0.717, 1.165) is 23.0 Å². The van der Waals surface area contributed by atoms with Crippen molar-refractivity contribution in [1.82, 2.24) is 19.9 Å². The van der Waals surface area contributed by atoms with Gasteiger partial charge in [-0.25, -0.2) is 9.97 Å². The SMILES string of the molecule is Nc1c(C(=O)NCc2ccccc2)c2nc3ccccc3nc2n1CCc1ccccc1. The monoisotopic (exact) mass is 421 g/mol. The summed E-state index contributed by atoms with van der Waals surface area (Å²) in [4.78, 5) is 22.8. The topological polar surface area (TPSA) is 85.8 Å². The van der Waals surface area contributed by atoms with Gasteiger partial charge in [-0.2, -0.15) is 0 Å². The van der Waals surface area contributed by atoms with Crippen LogP contribution >= 0.6 is 0 Å². The predicted molar refractivity (Wildman–Crippen MR) is 127 cm³/mol. The van der Waals surface area contributed by atoms with Crippen LogP contribution in [-0.4, -0.2) is 20.4 Å². The number of amides is 1. The lowest BCUT2D eigenvalue weighted by Crippen LogP contribution is -2.24. The number of para-hydroxylation sites is 2. The van der Waals surface area contributed by atoms with E-state index in [1.54, 1.807) is 0 Å². The zero-order valence-electron chi connectivity index (χ0n) is 17.5. The highest BCUT2D eigenvalue weighted by Crippen LogP contribution is 2.28. The van der Waals surface area contributed by atoms with Crippen molar-refractivity contribution in [2.75, 3.05) is 5.73 Å². The molecule has 2 heterocycles. The van der Waals surface area contributed by atoms with E-state index in [4.69, 9.17) is 15.7 Å². The zero-order valence-corrected chi connectivity index (χ0v) is 17.5. The lowest BCUT2D eigenvalue weighted by atomic mass is 10.1. The van der Waals surface area contributed by atoms with Crippen LogP contribution < -0.4 is 11.1 Å². The molecule has 0 radical (unpaired) electrons. The fourth-order valence-electron chi connectivity index (χ4n) is 3.92. The number of benzene rings is 3. The van der Waals surface area contributed by atoms with E-state index in [0.29, 0.717) is 35.6 Å². The van der Waals surface area contributed by atoms with Crippen molar-refractivity contribution in [3.8, 4) is 0 Å². The average Bonchev–Trinajstić information content (AvgIpc) is 3.11. The summed E-state index contributed by atoms with van der Waals surface area (Å²) in [7, 11) is 0. The number of nitrogens with zero attached hydrogens (tertiary/aromatic N) is 3. The van der Waals surface area contributed by atoms with Crippen LogP contribution in [0.25, 0.3) is 22.2 Å². The molecule has 158 valence electrons. The molecule has 6 heteroatoms. The molecule has 0 unspecified atom stereocenters. The third kappa shape index (κ3) is 3.78. The Hall–Kier alpha value is -4.19. The maximum atomic E-state index is 13.2. The van der Waals surface area contributed by atoms with E-state index < -0.39 is 0 Å². The summed E-state index contributed by atoms with van der Waals surface area (Å²) < 4.78 is 1.90. The molecule has 5 aromatic rings. The molecule has 0 bridgehead atoms. The molecule has 0 saturated heterocycles. The van der Waals surface area contributed by atoms with Gasteiger partial charge < -0.3 is 15.6 Å². The van der Waals surface area contributed by atoms with Gasteiger partial charge in [-0.1, -0.05) is 72.8 Å². The Morgan fingerprint density at radius 2 is 1.41 bits per heavy atom. The molecule has 3 aromatic carbocycles. The van der Waals surface area contributed by atoms with Gasteiger partial charge in [-0.3, -0.25) is 4.79 Å². The smallest absolute Gasteiger partial charge is 0.257 e. The first-order chi connectivity index (χ1) is 15.7. The van der Waals surface area contributed by atoms with Crippen molar-refractivity contribution >= 4 is 33.9 Å². The van der Waals surface area contributed by atoms with Crippen molar-refractivity contribution in [2.45, 2.75) is 19.5 Å². The number of nitrogen functional groups attached to an aromatic ring is 1. The van der Waals surface area contributed by atoms with Gasteiger partial charge in [0.2, 0.25) is 0 Å². The van der Waals surface area contributed by atoms with E-state index >= 15 is 0 Å². The number of carbonyl (C=O) groups is 1. The van der Waals surface area contributed by atoms with E-state index in [2.05, 4.69) is 17.4 Å². The summed E-state index contributed by atoms with van der Waals surface area (Å²) in [6.07, 6.45) is 0.772. The van der Waals surface area contributed by atoms with Crippen LogP contribution in [0.15, 0.2) is 84.9 Å². The third-order valence-electron chi connectivity index (χ3n) is 5.58. The Morgan fingerprint density at radius 1 is 0.812 bits per heavy atom. The number of fused-ring (bicyclic) bond motifs is 2. The van der Waals surface area contributed by atoms with E-state index in [-0.39, 0.29) is 5.91 Å². The molecule has 6 nitrogen and oxygen atoms in total. The highest BCUT2D eigenvalue weighted by Gasteiger charge is 2.23. The van der Waals surface area contributed by atoms with Gasteiger partial charge in [0.1, 0.15) is 16.9 Å². The number of anilines is 1. The highest BCUT2D eigenvalue weighted by molar-refractivity contribution is 6.10. The Labute approximate surface area is 185 Å². The average molecular weight is 422 g/mol. The van der Waals surface area contributed by atoms with Crippen LogP contribution in [0.4, 0.5) is 5.82 Å². The zero-order chi connectivity index (χ0) is 21.9. The van der Waals surface area contributed by atoms with E-state index in [9.17, 15) is 4.79 Å². The molecule has 3 N–H and O–H groups in total. The van der Waals surface area contributed by atoms with Crippen LogP contribution in [0, 0.1) is 0 Å². The number of nitrogens with one attached hydrogen (secondary N) is 1. The summed E-state index contributed by atoms with van der Waals surface area (Å²) in [5.41, 5.74) is 11.8. The number of hydrogen-bond acceptors (Lipinski definition) is 4. The second kappa shape index (κ2) is 8.51. The molecule has 0 aliphatic rings. The standard InChI is InChI=1S/C26H23N5O/c27-24-22(26(32)28-17-19-11-5-2-6-12-19)23-25(30-21-14-8-7-13-20(21)29-23)31(24)16-15-18-9-3-1-4-10-18/h1-14H,15-17,27H2,(H,28,32). The number of aryl methyl sites for hydroxylation is 2. The first-order valence-electron chi connectivity index (χ1n) is 10.6. The molecular formula is C26H23N5O. The lowest BCUT2D eigenvalue weighted by molar-refractivity contribution is 0.0953. The molecule has 1 amide bonds. The molecule has 0 aliphatic heterocycles. The quantitative estimate of drug-likeness (QED) is 0.427. The summed E-state index contributed by atoms with van der Waals surface area (Å²) >= 11 is 0. The minimum Gasteiger partial charge on any atom is -0.384 e. The molecule has 5 rings (SSSR count). The van der Waals surface area contributed by atoms with Crippen LogP contribution in [0.3, 0.4) is 0 Å². The highest BCUT2D eigenvalue weighted by atomic mass is 16.1. The van der Waals surface area contributed by atoms with E-state index in [1.165, 1.54) is 5.56 Å². The maximum absolute atomic E-state index is 13.2. The molecule has 0 aliphatic carbocycles. The molecule has 2 aromatic heterocycles. The van der Waals surface area contributed by atoms with Gasteiger partial charge in [0, 0.05) is 13.1 Å². The van der Waals surface area contributed by atoms with Crippen molar-refractivity contribution in [1.29, 1.82) is 0 Å². The van der Waals surface area contributed by atoms with Gasteiger partial charge in [0.15, 0.2) is 5.65 Å². The number of nitrogens with two attached hydrogens (primary N) is 1. The minimum absolute atomic E-state index is 0.251. The van der Waals surface area contributed by atoms with Gasteiger partial charge in [-0.05, 0) is 29.7 Å². The lowest BCUT2D eigenvalue weighted by Gasteiger charge is -2.08. The van der Waals surface area contributed by atoms with Gasteiger partial charge >= 0.3 is 0 Å². The summed E-state index contributed by atoms with van der Waals surface area (Å²) in [5.74, 6) is 0.135. The maximum Gasteiger partial charge on any atom is 0.257 e.